The van der Waals surface area contributed by atoms with Crippen molar-refractivity contribution in [2.45, 2.75) is 31.3 Å². The van der Waals surface area contributed by atoms with Crippen molar-refractivity contribution in [2.24, 2.45) is 0 Å². The number of rotatable bonds is 7. The third-order valence-corrected chi connectivity index (χ3v) is 2.99. The minimum atomic E-state index is -0.358. The van der Waals surface area contributed by atoms with Crippen LogP contribution in [0.2, 0.25) is 0 Å². The molecule has 0 aromatic carbocycles. The average molecular weight is 331 g/mol. The maximum absolute atomic E-state index is 11.2. The zero-order valence-electron chi connectivity index (χ0n) is 11.4. The highest BCUT2D eigenvalue weighted by molar-refractivity contribution is 9.10. The number of nitrogens with one attached hydrogen (secondary N) is 1. The molecule has 0 amide bonds. The van der Waals surface area contributed by atoms with Crippen LogP contribution in [0.25, 0.3) is 0 Å². The highest BCUT2D eigenvalue weighted by Crippen LogP contribution is 2.15. The van der Waals surface area contributed by atoms with Gasteiger partial charge in [-0.25, -0.2) is 4.98 Å². The first-order chi connectivity index (χ1) is 9.04. The lowest BCUT2D eigenvalue weighted by atomic mass is 10.2. The van der Waals surface area contributed by atoms with Gasteiger partial charge < -0.3 is 14.8 Å². The molecule has 0 fully saturated rings. The van der Waals surface area contributed by atoms with Gasteiger partial charge in [-0.1, -0.05) is 22.0 Å². The first-order valence-corrected chi connectivity index (χ1v) is 6.99. The van der Waals surface area contributed by atoms with Gasteiger partial charge in [-0.15, -0.1) is 0 Å². The number of carbonyl (C=O) groups is 1. The Bertz CT molecular complexity index is 413. The maximum atomic E-state index is 11.2. The summed E-state index contributed by atoms with van der Waals surface area (Å²) in [6, 6.07) is 3.80. The highest BCUT2D eigenvalue weighted by Gasteiger charge is 2.14. The van der Waals surface area contributed by atoms with E-state index in [0.717, 1.165) is 5.56 Å². The highest BCUT2D eigenvalue weighted by atomic mass is 79.9. The van der Waals surface area contributed by atoms with Gasteiger partial charge in [-0.05, 0) is 19.9 Å². The Kier molecular flexibility index (Phi) is 6.80. The van der Waals surface area contributed by atoms with Crippen molar-refractivity contribution >= 4 is 21.9 Å². The number of nitrogens with zero attached hydrogens (tertiary/aromatic N) is 1. The Morgan fingerprint density at radius 2 is 2.26 bits per heavy atom. The van der Waals surface area contributed by atoms with E-state index in [-0.39, 0.29) is 16.9 Å². The van der Waals surface area contributed by atoms with Crippen molar-refractivity contribution in [3.63, 3.8) is 0 Å². The average Bonchev–Trinajstić information content (AvgIpc) is 2.39. The second-order valence-electron chi connectivity index (χ2n) is 4.26. The first-order valence-electron chi connectivity index (χ1n) is 6.07. The topological polar surface area (TPSA) is 60.5 Å². The van der Waals surface area contributed by atoms with E-state index in [4.69, 9.17) is 4.74 Å². The molecule has 0 aliphatic carbocycles. The molecule has 106 valence electrons. The van der Waals surface area contributed by atoms with Crippen LogP contribution in [0, 0.1) is 0 Å². The molecule has 1 unspecified atom stereocenters. The largest absolute Gasteiger partial charge is 0.475 e. The Balaban J connectivity index is 2.51. The van der Waals surface area contributed by atoms with Crippen LogP contribution in [0.5, 0.6) is 5.88 Å². The monoisotopic (exact) mass is 330 g/mol. The van der Waals surface area contributed by atoms with Crippen molar-refractivity contribution < 1.29 is 14.3 Å². The summed E-state index contributed by atoms with van der Waals surface area (Å²) in [6.07, 6.45) is 1.77. The van der Waals surface area contributed by atoms with Gasteiger partial charge in [0.15, 0.2) is 0 Å². The fraction of sp³-hybridized carbons (Fsp3) is 0.538. The molecule has 1 atom stereocenters. The van der Waals surface area contributed by atoms with Gasteiger partial charge in [0.25, 0.3) is 0 Å². The van der Waals surface area contributed by atoms with E-state index in [2.05, 4.69) is 31.0 Å². The van der Waals surface area contributed by atoms with Crippen LogP contribution in [0.1, 0.15) is 19.4 Å². The van der Waals surface area contributed by atoms with Gasteiger partial charge in [0, 0.05) is 24.8 Å². The Hall–Kier alpha value is -1.14. The molecule has 6 heteroatoms. The zero-order valence-corrected chi connectivity index (χ0v) is 12.9. The molecule has 0 aliphatic rings. The SMILES string of the molecule is COC(=O)C(Br)CNCc1cccnc1OC(C)C. The van der Waals surface area contributed by atoms with Gasteiger partial charge >= 0.3 is 5.97 Å². The normalized spacial score (nSPS) is 12.3. The van der Waals surface area contributed by atoms with Gasteiger partial charge in [-0.3, -0.25) is 4.79 Å². The molecule has 0 saturated heterocycles. The number of pyridine rings is 1. The van der Waals surface area contributed by atoms with E-state index in [1.54, 1.807) is 6.20 Å². The summed E-state index contributed by atoms with van der Waals surface area (Å²) >= 11 is 3.25. The van der Waals surface area contributed by atoms with Gasteiger partial charge in [0.1, 0.15) is 4.83 Å². The van der Waals surface area contributed by atoms with Crippen LogP contribution in [-0.2, 0) is 16.1 Å². The third kappa shape index (κ3) is 5.57. The standard InChI is InChI=1S/C13H19BrN2O3/c1-9(2)19-12-10(5-4-6-16-12)7-15-8-11(14)13(17)18-3/h4-6,9,11,15H,7-8H2,1-3H3. The molecule has 1 aromatic rings. The summed E-state index contributed by atoms with van der Waals surface area (Å²) < 4.78 is 10.2. The summed E-state index contributed by atoms with van der Waals surface area (Å²) in [5.74, 6) is 0.325. The van der Waals surface area contributed by atoms with Crippen LogP contribution in [0.3, 0.4) is 0 Å². The summed E-state index contributed by atoms with van der Waals surface area (Å²) in [5.41, 5.74) is 0.959. The lowest BCUT2D eigenvalue weighted by Gasteiger charge is -2.14. The molecule has 0 spiro atoms. The second kappa shape index (κ2) is 8.12. The number of alkyl halides is 1. The van der Waals surface area contributed by atoms with Crippen LogP contribution < -0.4 is 10.1 Å². The van der Waals surface area contributed by atoms with Gasteiger partial charge in [0.05, 0.1) is 13.2 Å². The Morgan fingerprint density at radius 3 is 2.89 bits per heavy atom. The number of halogens is 1. The smallest absolute Gasteiger partial charge is 0.320 e. The molecular weight excluding hydrogens is 312 g/mol. The number of esters is 1. The molecule has 0 saturated carbocycles. The molecule has 1 N–H and O–H groups in total. The maximum Gasteiger partial charge on any atom is 0.320 e. The lowest BCUT2D eigenvalue weighted by Crippen LogP contribution is -2.29. The number of methoxy groups -OCH3 is 1. The van der Waals surface area contributed by atoms with Crippen molar-refractivity contribution in [1.82, 2.24) is 10.3 Å². The van der Waals surface area contributed by atoms with E-state index < -0.39 is 0 Å². The number of hydrogen-bond acceptors (Lipinski definition) is 5. The minimum absolute atomic E-state index is 0.0765. The van der Waals surface area contributed by atoms with Gasteiger partial charge in [-0.2, -0.15) is 0 Å². The fourth-order valence-corrected chi connectivity index (χ4v) is 1.85. The first kappa shape index (κ1) is 15.9. The number of hydrogen-bond donors (Lipinski definition) is 1. The van der Waals surface area contributed by atoms with E-state index in [0.29, 0.717) is 19.0 Å². The molecule has 0 radical (unpaired) electrons. The molecule has 1 aromatic heterocycles. The number of ether oxygens (including phenoxy) is 2. The lowest BCUT2D eigenvalue weighted by molar-refractivity contribution is -0.139. The van der Waals surface area contributed by atoms with Crippen LogP contribution in [0.15, 0.2) is 18.3 Å². The number of carbonyl (C=O) groups excluding carboxylic acids is 1. The quantitative estimate of drug-likeness (QED) is 0.611. The van der Waals surface area contributed by atoms with E-state index in [9.17, 15) is 4.79 Å². The third-order valence-electron chi connectivity index (χ3n) is 2.29. The molecule has 19 heavy (non-hydrogen) atoms. The molecule has 5 nitrogen and oxygen atoms in total. The molecular formula is C13H19BrN2O3. The number of aromatic nitrogens is 1. The summed E-state index contributed by atoms with van der Waals surface area (Å²) in [6.45, 7) is 4.97. The Morgan fingerprint density at radius 1 is 1.53 bits per heavy atom. The predicted octanol–water partition coefficient (Wildman–Crippen LogP) is 1.89. The van der Waals surface area contributed by atoms with Crippen molar-refractivity contribution in [3.05, 3.63) is 23.9 Å². The summed E-state index contributed by atoms with van der Waals surface area (Å²) in [4.78, 5) is 15.1. The molecule has 0 bridgehead atoms. The summed E-state index contributed by atoms with van der Waals surface area (Å²) in [7, 11) is 1.37. The van der Waals surface area contributed by atoms with E-state index >= 15 is 0 Å². The summed E-state index contributed by atoms with van der Waals surface area (Å²) in [5, 5.41) is 3.16. The van der Waals surface area contributed by atoms with Crippen LogP contribution >= 0.6 is 15.9 Å². The van der Waals surface area contributed by atoms with Crippen molar-refractivity contribution in [2.75, 3.05) is 13.7 Å². The van der Waals surface area contributed by atoms with E-state index in [1.807, 2.05) is 26.0 Å². The van der Waals surface area contributed by atoms with Crippen LogP contribution in [-0.4, -0.2) is 35.5 Å². The van der Waals surface area contributed by atoms with Crippen molar-refractivity contribution in [3.8, 4) is 5.88 Å². The Labute approximate surface area is 121 Å². The molecule has 0 aliphatic heterocycles. The fourth-order valence-electron chi connectivity index (χ4n) is 1.43. The van der Waals surface area contributed by atoms with E-state index in [1.165, 1.54) is 7.11 Å². The zero-order chi connectivity index (χ0) is 14.3. The predicted molar refractivity (Wildman–Crippen MR) is 76.4 cm³/mol. The minimum Gasteiger partial charge on any atom is -0.475 e. The molecule has 1 rings (SSSR count). The van der Waals surface area contributed by atoms with Gasteiger partial charge in [0.2, 0.25) is 5.88 Å². The van der Waals surface area contributed by atoms with Crippen LogP contribution in [0.4, 0.5) is 0 Å². The second-order valence-corrected chi connectivity index (χ2v) is 5.36. The molecule has 1 heterocycles. The van der Waals surface area contributed by atoms with Crippen molar-refractivity contribution in [1.29, 1.82) is 0 Å².